The second kappa shape index (κ2) is 4.30. The molecule has 17 heavy (non-hydrogen) atoms. The molecule has 0 aromatic carbocycles. The molecule has 0 spiro atoms. The molecule has 0 atom stereocenters. The maximum Gasteiger partial charge on any atom is 0.148 e. The molecule has 0 aliphatic rings. The van der Waals surface area contributed by atoms with Crippen molar-refractivity contribution in [3.05, 3.63) is 42.5 Å². The summed E-state index contributed by atoms with van der Waals surface area (Å²) < 4.78 is 0. The molecule has 0 N–H and O–H groups in total. The van der Waals surface area contributed by atoms with Crippen molar-refractivity contribution in [2.45, 2.75) is 19.3 Å². The lowest BCUT2D eigenvalue weighted by Crippen LogP contribution is -2.18. The van der Waals surface area contributed by atoms with Crippen LogP contribution in [0.3, 0.4) is 0 Å². The Balaban J connectivity index is 2.47. The summed E-state index contributed by atoms with van der Waals surface area (Å²) in [5.74, 6) is 0.517. The van der Waals surface area contributed by atoms with Crippen molar-refractivity contribution in [3.63, 3.8) is 0 Å². The van der Waals surface area contributed by atoms with Crippen LogP contribution < -0.4 is 0 Å². The Labute approximate surface area is 100.0 Å². The van der Waals surface area contributed by atoms with Gasteiger partial charge in [0.2, 0.25) is 0 Å². The number of pyridine rings is 1. The first-order valence-corrected chi connectivity index (χ1v) is 5.30. The Kier molecular flexibility index (Phi) is 2.84. The number of hydrogen-bond donors (Lipinski definition) is 0. The monoisotopic (exact) mass is 224 g/mol. The third kappa shape index (κ3) is 2.28. The van der Waals surface area contributed by atoms with Gasteiger partial charge in [0.25, 0.3) is 0 Å². The number of aromatic nitrogens is 3. The van der Waals surface area contributed by atoms with E-state index in [2.05, 4.69) is 21.0 Å². The molecule has 0 bridgehead atoms. The normalized spacial score (nSPS) is 10.9. The molecule has 2 heterocycles. The van der Waals surface area contributed by atoms with Crippen molar-refractivity contribution < 1.29 is 0 Å². The lowest BCUT2D eigenvalue weighted by molar-refractivity contribution is 0.629. The van der Waals surface area contributed by atoms with Gasteiger partial charge in [-0.1, -0.05) is 6.07 Å². The first kappa shape index (κ1) is 11.2. The van der Waals surface area contributed by atoms with Crippen molar-refractivity contribution in [2.75, 3.05) is 0 Å². The van der Waals surface area contributed by atoms with Crippen molar-refractivity contribution in [1.29, 1.82) is 5.26 Å². The summed E-state index contributed by atoms with van der Waals surface area (Å²) in [6.45, 7) is 3.59. The number of nitriles is 1. The molecule has 4 heteroatoms. The summed E-state index contributed by atoms with van der Waals surface area (Å²) in [6.07, 6.45) is 3.37. The highest BCUT2D eigenvalue weighted by molar-refractivity contribution is 5.53. The lowest BCUT2D eigenvalue weighted by atomic mass is 9.94. The molecule has 2 aromatic rings. The molecule has 0 radical (unpaired) electrons. The van der Waals surface area contributed by atoms with Gasteiger partial charge in [-0.05, 0) is 32.0 Å². The highest BCUT2D eigenvalue weighted by Gasteiger charge is 2.23. The van der Waals surface area contributed by atoms with Gasteiger partial charge in [0.15, 0.2) is 0 Å². The predicted molar refractivity (Wildman–Crippen MR) is 63.9 cm³/mol. The van der Waals surface area contributed by atoms with Gasteiger partial charge in [0, 0.05) is 12.4 Å². The van der Waals surface area contributed by atoms with Crippen LogP contribution in [0.5, 0.6) is 0 Å². The Hall–Kier alpha value is -2.28. The van der Waals surface area contributed by atoms with Gasteiger partial charge in [0.1, 0.15) is 11.2 Å². The first-order chi connectivity index (χ1) is 8.13. The summed E-state index contributed by atoms with van der Waals surface area (Å²) in [6, 6.07) is 9.62. The van der Waals surface area contributed by atoms with E-state index >= 15 is 0 Å². The Morgan fingerprint density at radius 2 is 1.88 bits per heavy atom. The maximum atomic E-state index is 9.06. The molecular weight excluding hydrogens is 212 g/mol. The molecule has 0 unspecified atom stereocenters. The number of rotatable bonds is 2. The highest BCUT2D eigenvalue weighted by Crippen LogP contribution is 2.20. The van der Waals surface area contributed by atoms with E-state index in [1.165, 1.54) is 0 Å². The molecule has 2 aromatic heterocycles. The number of hydrogen-bond acceptors (Lipinski definition) is 4. The zero-order valence-corrected chi connectivity index (χ0v) is 9.75. The summed E-state index contributed by atoms with van der Waals surface area (Å²) in [5.41, 5.74) is 0.828. The van der Waals surface area contributed by atoms with Crippen molar-refractivity contribution in [3.8, 4) is 17.5 Å². The summed E-state index contributed by atoms with van der Waals surface area (Å²) in [7, 11) is 0. The molecule has 0 aliphatic heterocycles. The molecule has 4 nitrogen and oxygen atoms in total. The van der Waals surface area contributed by atoms with Gasteiger partial charge in [-0.3, -0.25) is 4.98 Å². The molecule has 0 fully saturated rings. The van der Waals surface area contributed by atoms with E-state index in [0.29, 0.717) is 5.82 Å². The van der Waals surface area contributed by atoms with E-state index in [9.17, 15) is 0 Å². The van der Waals surface area contributed by atoms with Crippen LogP contribution >= 0.6 is 0 Å². The zero-order valence-electron chi connectivity index (χ0n) is 9.75. The van der Waals surface area contributed by atoms with Crippen molar-refractivity contribution in [2.24, 2.45) is 0 Å². The minimum atomic E-state index is -0.690. The van der Waals surface area contributed by atoms with Crippen LogP contribution in [-0.2, 0) is 5.41 Å². The van der Waals surface area contributed by atoms with E-state index in [1.54, 1.807) is 32.3 Å². The fraction of sp³-hybridized carbons (Fsp3) is 0.231. The Morgan fingerprint density at radius 1 is 1.06 bits per heavy atom. The first-order valence-electron chi connectivity index (χ1n) is 5.30. The second-order valence-corrected chi connectivity index (χ2v) is 4.22. The second-order valence-electron chi connectivity index (χ2n) is 4.22. The highest BCUT2D eigenvalue weighted by atomic mass is 14.9. The third-order valence-corrected chi connectivity index (χ3v) is 2.42. The van der Waals surface area contributed by atoms with Crippen molar-refractivity contribution in [1.82, 2.24) is 15.0 Å². The SMILES string of the molecule is CC(C)(C#N)c1nccc(-c2ccccn2)n1. The largest absolute Gasteiger partial charge is 0.255 e. The van der Waals surface area contributed by atoms with Crippen LogP contribution in [0, 0.1) is 11.3 Å². The van der Waals surface area contributed by atoms with Crippen molar-refractivity contribution >= 4 is 0 Å². The Morgan fingerprint density at radius 3 is 2.53 bits per heavy atom. The maximum absolute atomic E-state index is 9.06. The number of nitrogens with zero attached hydrogens (tertiary/aromatic N) is 4. The van der Waals surface area contributed by atoms with Gasteiger partial charge in [0.05, 0.1) is 17.5 Å². The van der Waals surface area contributed by atoms with E-state index in [0.717, 1.165) is 11.4 Å². The molecule has 0 saturated carbocycles. The van der Waals surface area contributed by atoms with Gasteiger partial charge in [-0.2, -0.15) is 5.26 Å². The molecule has 0 saturated heterocycles. The quantitative estimate of drug-likeness (QED) is 0.785. The van der Waals surface area contributed by atoms with E-state index in [4.69, 9.17) is 5.26 Å². The van der Waals surface area contributed by atoms with Crippen LogP contribution in [0.2, 0.25) is 0 Å². The van der Waals surface area contributed by atoms with E-state index < -0.39 is 5.41 Å². The predicted octanol–water partition coefficient (Wildman–Crippen LogP) is 2.34. The topological polar surface area (TPSA) is 62.5 Å². The molecular formula is C13H12N4. The smallest absolute Gasteiger partial charge is 0.148 e. The molecule has 0 amide bonds. The van der Waals surface area contributed by atoms with Crippen LogP contribution in [0.25, 0.3) is 11.4 Å². The van der Waals surface area contributed by atoms with Gasteiger partial charge in [-0.25, -0.2) is 9.97 Å². The summed E-state index contributed by atoms with van der Waals surface area (Å²) in [4.78, 5) is 12.8. The fourth-order valence-electron chi connectivity index (χ4n) is 1.37. The van der Waals surface area contributed by atoms with Gasteiger partial charge >= 0.3 is 0 Å². The fourth-order valence-corrected chi connectivity index (χ4v) is 1.37. The van der Waals surface area contributed by atoms with Gasteiger partial charge < -0.3 is 0 Å². The average Bonchev–Trinajstić information content (AvgIpc) is 2.40. The van der Waals surface area contributed by atoms with Gasteiger partial charge in [-0.15, -0.1) is 0 Å². The minimum absolute atomic E-state index is 0.517. The van der Waals surface area contributed by atoms with E-state index in [1.807, 2.05) is 18.2 Å². The third-order valence-electron chi connectivity index (χ3n) is 2.42. The Bertz CT molecular complexity index is 555. The van der Waals surface area contributed by atoms with Crippen LogP contribution in [-0.4, -0.2) is 15.0 Å². The standard InChI is InChI=1S/C13H12N4/c1-13(2,9-14)12-16-8-6-11(17-12)10-5-3-4-7-15-10/h3-8H,1-2H3. The molecule has 2 rings (SSSR count). The minimum Gasteiger partial charge on any atom is -0.255 e. The molecule has 0 aliphatic carbocycles. The van der Waals surface area contributed by atoms with Crippen LogP contribution in [0.1, 0.15) is 19.7 Å². The average molecular weight is 224 g/mol. The van der Waals surface area contributed by atoms with Crippen LogP contribution in [0.15, 0.2) is 36.7 Å². The zero-order chi connectivity index (χ0) is 12.3. The summed E-state index contributed by atoms with van der Waals surface area (Å²) >= 11 is 0. The lowest BCUT2D eigenvalue weighted by Gasteiger charge is -2.13. The van der Waals surface area contributed by atoms with E-state index in [-0.39, 0.29) is 0 Å². The molecule has 84 valence electrons. The summed E-state index contributed by atoms with van der Waals surface area (Å²) in [5, 5.41) is 9.06. The van der Waals surface area contributed by atoms with Crippen LogP contribution in [0.4, 0.5) is 0 Å².